The molecule has 0 aliphatic heterocycles. The van der Waals surface area contributed by atoms with Crippen molar-refractivity contribution in [3.8, 4) is 11.1 Å². The molecule has 0 unspecified atom stereocenters. The Kier molecular flexibility index (Phi) is 7.99. The fourth-order valence-electron chi connectivity index (χ4n) is 4.91. The monoisotopic (exact) mass is 645 g/mol. The van der Waals surface area contributed by atoms with Gasteiger partial charge in [0.25, 0.3) is 0 Å². The van der Waals surface area contributed by atoms with E-state index in [-0.39, 0.29) is 24.8 Å². The Balaban J connectivity index is 0.00000137. The molecule has 0 bridgehead atoms. The van der Waals surface area contributed by atoms with E-state index in [1.54, 1.807) is 12.1 Å². The van der Waals surface area contributed by atoms with Gasteiger partial charge in [0.05, 0.1) is 0 Å². The number of allylic oxidation sites excluding steroid dienone is 4. The van der Waals surface area contributed by atoms with Crippen molar-refractivity contribution in [2.75, 3.05) is 0 Å². The summed E-state index contributed by atoms with van der Waals surface area (Å²) in [4.78, 5) is 0. The van der Waals surface area contributed by atoms with E-state index in [0.717, 1.165) is 12.8 Å². The van der Waals surface area contributed by atoms with Crippen LogP contribution in [0.5, 0.6) is 0 Å². The molecule has 4 aromatic rings. The molecule has 6 rings (SSSR count). The maximum atomic E-state index is 2.41. The third kappa shape index (κ3) is 4.62. The fourth-order valence-corrected chi connectivity index (χ4v) is 10.8. The Morgan fingerprint density at radius 1 is 0.618 bits per heavy atom. The molecule has 0 radical (unpaired) electrons. The van der Waals surface area contributed by atoms with Gasteiger partial charge in [-0.2, -0.15) is 0 Å². The van der Waals surface area contributed by atoms with Gasteiger partial charge in [0, 0.05) is 0 Å². The van der Waals surface area contributed by atoms with Gasteiger partial charge in [-0.15, -0.1) is 0 Å². The average molecular weight is 645 g/mol. The fraction of sp³-hybridized carbons (Fsp3) is 0.0645. The van der Waals surface area contributed by atoms with Crippen LogP contribution in [0.4, 0.5) is 0 Å². The van der Waals surface area contributed by atoms with Gasteiger partial charge in [-0.1, -0.05) is 0 Å². The first-order valence-corrected chi connectivity index (χ1v) is 14.8. The van der Waals surface area contributed by atoms with Crippen molar-refractivity contribution in [2.24, 2.45) is 0 Å². The molecule has 2 aliphatic rings. The van der Waals surface area contributed by atoms with Crippen molar-refractivity contribution in [1.29, 1.82) is 0 Å². The van der Waals surface area contributed by atoms with Crippen molar-refractivity contribution in [3.05, 3.63) is 143 Å². The first-order valence-electron chi connectivity index (χ1n) is 11.2. The predicted octanol–water partition coefficient (Wildman–Crippen LogP) is 0.586. The predicted molar refractivity (Wildman–Crippen MR) is 132 cm³/mol. The summed E-state index contributed by atoms with van der Waals surface area (Å²) in [6, 6.07) is 35.9. The Bertz CT molecular complexity index is 1360. The number of fused-ring (bicyclic) bond motifs is 3. The molecule has 0 spiro atoms. The van der Waals surface area contributed by atoms with E-state index in [0.29, 0.717) is 0 Å². The van der Waals surface area contributed by atoms with Gasteiger partial charge in [-0.3, -0.25) is 0 Å². The molecule has 0 N–H and O–H groups in total. The quantitative estimate of drug-likeness (QED) is 0.252. The molecule has 0 saturated carbocycles. The van der Waals surface area contributed by atoms with Gasteiger partial charge in [0.2, 0.25) is 0 Å². The summed E-state index contributed by atoms with van der Waals surface area (Å²) in [5, 5.41) is 0. The minimum absolute atomic E-state index is 0. The Labute approximate surface area is 225 Å². The standard InChI is InChI=1S/C18H13.C13H10.2ClH.Hf/c1-2-6-13(5-1)14-9-10-18-16(11-14)12-15-7-3-4-8-17(15)18;1-3-7-12(8-4-1)11-13-9-5-2-6-10-13;;;/h1-5,7-10H,6,12H2;1-10H;2*1H;/q;;;;+2/p-2. The molecule has 0 nitrogen and oxygen atoms in total. The summed E-state index contributed by atoms with van der Waals surface area (Å²) in [5.41, 5.74) is 11.7. The zero-order valence-electron chi connectivity index (χ0n) is 18.6. The maximum Gasteiger partial charge on any atom is -1.00 e. The van der Waals surface area contributed by atoms with Gasteiger partial charge in [-0.25, -0.2) is 0 Å². The van der Waals surface area contributed by atoms with E-state index in [2.05, 4.69) is 115 Å². The van der Waals surface area contributed by atoms with Gasteiger partial charge >= 0.3 is 202 Å². The van der Waals surface area contributed by atoms with Crippen LogP contribution in [-0.2, 0) is 28.8 Å². The Morgan fingerprint density at radius 2 is 1.24 bits per heavy atom. The third-order valence-corrected chi connectivity index (χ3v) is 12.4. The molecule has 0 saturated heterocycles. The second kappa shape index (κ2) is 11.0. The average Bonchev–Trinajstić information content (AvgIpc) is 3.52. The van der Waals surface area contributed by atoms with Crippen molar-refractivity contribution in [2.45, 2.75) is 12.8 Å². The molecule has 0 fully saturated rings. The first-order chi connectivity index (χ1) is 15.9. The van der Waals surface area contributed by atoms with Crippen molar-refractivity contribution in [3.63, 3.8) is 0 Å². The smallest absolute Gasteiger partial charge is 1.00 e. The summed E-state index contributed by atoms with van der Waals surface area (Å²) in [6.45, 7) is 0. The van der Waals surface area contributed by atoms with Crippen LogP contribution in [0.3, 0.4) is 0 Å². The van der Waals surface area contributed by atoms with Crippen LogP contribution in [-0.4, -0.2) is 3.26 Å². The second-order valence-electron chi connectivity index (χ2n) is 8.40. The largest absolute Gasteiger partial charge is 1.00 e. The molecule has 0 amide bonds. The van der Waals surface area contributed by atoms with Crippen LogP contribution >= 0.6 is 0 Å². The molecule has 2 aliphatic carbocycles. The maximum absolute atomic E-state index is 2.41. The van der Waals surface area contributed by atoms with E-state index >= 15 is 0 Å². The number of hydrogen-bond acceptors (Lipinski definition) is 0. The van der Waals surface area contributed by atoms with E-state index < -0.39 is 22.4 Å². The van der Waals surface area contributed by atoms with E-state index in [4.69, 9.17) is 0 Å². The SMILES string of the molecule is C1=CCC(c2ccc3c([c]2[Hf+2]=[C](c2ccccc2)c2ccccc2)Cc2ccccc2-3)=C1.[Cl-].[Cl-]. The number of benzene rings is 4. The minimum Gasteiger partial charge on any atom is -1.00 e. The van der Waals surface area contributed by atoms with Gasteiger partial charge < -0.3 is 24.8 Å². The zero-order chi connectivity index (χ0) is 21.3. The summed E-state index contributed by atoms with van der Waals surface area (Å²) < 4.78 is 3.26. The molecule has 0 atom stereocenters. The molecule has 165 valence electrons. The molecular formula is C31H23Cl2Hf. The van der Waals surface area contributed by atoms with E-state index in [1.165, 1.54) is 39.0 Å². The van der Waals surface area contributed by atoms with Crippen molar-refractivity contribution >= 4 is 12.1 Å². The molecule has 34 heavy (non-hydrogen) atoms. The molecule has 0 heterocycles. The molecule has 3 heteroatoms. The van der Waals surface area contributed by atoms with E-state index in [9.17, 15) is 0 Å². The van der Waals surface area contributed by atoms with Crippen molar-refractivity contribution < 1.29 is 47.2 Å². The van der Waals surface area contributed by atoms with Crippen LogP contribution in [0.2, 0.25) is 0 Å². The first kappa shape index (κ1) is 24.8. The molecule has 4 aromatic carbocycles. The number of halogens is 2. The van der Waals surface area contributed by atoms with Gasteiger partial charge in [0.1, 0.15) is 0 Å². The van der Waals surface area contributed by atoms with Crippen LogP contribution < -0.4 is 28.1 Å². The Hall–Kier alpha value is -2.32. The summed E-state index contributed by atoms with van der Waals surface area (Å²) in [6.07, 6.45) is 8.94. The van der Waals surface area contributed by atoms with Crippen LogP contribution in [0, 0.1) is 0 Å². The molecule has 0 aromatic heterocycles. The topological polar surface area (TPSA) is 0 Å². The number of rotatable bonds is 4. The van der Waals surface area contributed by atoms with Crippen LogP contribution in [0.15, 0.2) is 115 Å². The summed E-state index contributed by atoms with van der Waals surface area (Å²) in [7, 11) is 0. The second-order valence-corrected chi connectivity index (χ2v) is 12.9. The summed E-state index contributed by atoms with van der Waals surface area (Å²) >= 11 is -1.41. The van der Waals surface area contributed by atoms with Gasteiger partial charge in [0.15, 0.2) is 0 Å². The van der Waals surface area contributed by atoms with Gasteiger partial charge in [-0.05, 0) is 0 Å². The van der Waals surface area contributed by atoms with Crippen molar-refractivity contribution in [1.82, 2.24) is 0 Å². The normalized spacial score (nSPS) is 12.5. The Morgan fingerprint density at radius 3 is 1.88 bits per heavy atom. The third-order valence-electron chi connectivity index (χ3n) is 6.48. The zero-order valence-corrected chi connectivity index (χ0v) is 23.7. The summed E-state index contributed by atoms with van der Waals surface area (Å²) in [5.74, 6) is 0. The van der Waals surface area contributed by atoms with Crippen LogP contribution in [0.25, 0.3) is 16.7 Å². The minimum atomic E-state index is -1.41. The number of hydrogen-bond donors (Lipinski definition) is 0. The van der Waals surface area contributed by atoms with Crippen LogP contribution in [0.1, 0.15) is 34.2 Å². The van der Waals surface area contributed by atoms with E-state index in [1.807, 2.05) is 0 Å². The molecular weight excluding hydrogens is 622 g/mol.